The second-order valence-electron chi connectivity index (χ2n) is 8.32. The molecule has 1 aliphatic carbocycles. The number of rotatable bonds is 7. The highest BCUT2D eigenvalue weighted by Gasteiger charge is 2.38. The van der Waals surface area contributed by atoms with Crippen molar-refractivity contribution in [3.63, 3.8) is 0 Å². The SMILES string of the molecule is Cn1c(SCC(=O)NCC2(N3CCOCC3)CCCCC2)nnc1-c1ccc(Cl)cc1. The van der Waals surface area contributed by atoms with Crippen molar-refractivity contribution in [1.82, 2.24) is 25.0 Å². The molecule has 0 radical (unpaired) electrons. The highest BCUT2D eigenvalue weighted by molar-refractivity contribution is 7.99. The van der Waals surface area contributed by atoms with Gasteiger partial charge in [0.25, 0.3) is 0 Å². The number of morpholine rings is 1. The van der Waals surface area contributed by atoms with Gasteiger partial charge in [0, 0.05) is 42.8 Å². The molecule has 7 nitrogen and oxygen atoms in total. The molecule has 1 aromatic heterocycles. The van der Waals surface area contributed by atoms with Crippen molar-refractivity contribution in [3.8, 4) is 11.4 Å². The minimum absolute atomic E-state index is 0.0410. The molecule has 9 heteroatoms. The molecular weight excluding hydrogens is 434 g/mol. The molecule has 1 N–H and O–H groups in total. The summed E-state index contributed by atoms with van der Waals surface area (Å²) in [6.45, 7) is 4.19. The van der Waals surface area contributed by atoms with E-state index in [4.69, 9.17) is 16.3 Å². The molecule has 2 aliphatic rings. The highest BCUT2D eigenvalue weighted by atomic mass is 35.5. The van der Waals surface area contributed by atoms with Gasteiger partial charge in [-0.15, -0.1) is 10.2 Å². The van der Waals surface area contributed by atoms with Crippen LogP contribution in [0.4, 0.5) is 0 Å². The Morgan fingerprint density at radius 3 is 2.58 bits per heavy atom. The first kappa shape index (κ1) is 22.6. The molecular formula is C22H30ClN5O2S. The van der Waals surface area contributed by atoms with E-state index in [2.05, 4.69) is 20.4 Å². The zero-order valence-corrected chi connectivity index (χ0v) is 19.6. The van der Waals surface area contributed by atoms with Crippen LogP contribution >= 0.6 is 23.4 Å². The van der Waals surface area contributed by atoms with Gasteiger partial charge in [0.2, 0.25) is 5.91 Å². The van der Waals surface area contributed by atoms with E-state index in [0.717, 1.165) is 55.7 Å². The van der Waals surface area contributed by atoms with Gasteiger partial charge < -0.3 is 14.6 Å². The van der Waals surface area contributed by atoms with Gasteiger partial charge in [0.15, 0.2) is 11.0 Å². The summed E-state index contributed by atoms with van der Waals surface area (Å²) in [6, 6.07) is 7.51. The molecule has 0 spiro atoms. The first-order chi connectivity index (χ1) is 15.1. The number of thioether (sulfide) groups is 1. The van der Waals surface area contributed by atoms with E-state index in [-0.39, 0.29) is 11.4 Å². The molecule has 4 rings (SSSR count). The van der Waals surface area contributed by atoms with Gasteiger partial charge in [0.05, 0.1) is 19.0 Å². The molecule has 2 fully saturated rings. The number of nitrogens with one attached hydrogen (secondary N) is 1. The third kappa shape index (κ3) is 5.42. The van der Waals surface area contributed by atoms with E-state index in [1.807, 2.05) is 35.9 Å². The summed E-state index contributed by atoms with van der Waals surface area (Å²) < 4.78 is 7.46. The number of carbonyl (C=O) groups excluding carboxylic acids is 1. The Hall–Kier alpha value is -1.61. The number of carbonyl (C=O) groups is 1. The number of amides is 1. The van der Waals surface area contributed by atoms with Gasteiger partial charge in [0.1, 0.15) is 0 Å². The predicted molar refractivity (Wildman–Crippen MR) is 123 cm³/mol. The fraction of sp³-hybridized carbons (Fsp3) is 0.591. The van der Waals surface area contributed by atoms with Crippen LogP contribution in [-0.2, 0) is 16.6 Å². The van der Waals surface area contributed by atoms with Gasteiger partial charge in [-0.05, 0) is 37.1 Å². The lowest BCUT2D eigenvalue weighted by atomic mass is 9.79. The first-order valence-electron chi connectivity index (χ1n) is 11.0. The van der Waals surface area contributed by atoms with E-state index in [0.29, 0.717) is 17.3 Å². The third-order valence-corrected chi connectivity index (χ3v) is 7.62. The van der Waals surface area contributed by atoms with Crippen LogP contribution in [0.3, 0.4) is 0 Å². The fourth-order valence-corrected chi connectivity index (χ4v) is 5.45. The summed E-state index contributed by atoms with van der Waals surface area (Å²) >= 11 is 7.39. The second kappa shape index (κ2) is 10.3. The summed E-state index contributed by atoms with van der Waals surface area (Å²) in [5.74, 6) is 1.12. The summed E-state index contributed by atoms with van der Waals surface area (Å²) in [5.41, 5.74) is 1.02. The fourth-order valence-electron chi connectivity index (χ4n) is 4.59. The quantitative estimate of drug-likeness (QED) is 0.634. The summed E-state index contributed by atoms with van der Waals surface area (Å²) in [6.07, 6.45) is 6.04. The molecule has 1 aliphatic heterocycles. The molecule has 0 bridgehead atoms. The molecule has 168 valence electrons. The summed E-state index contributed by atoms with van der Waals surface area (Å²) in [5, 5.41) is 13.2. The zero-order valence-electron chi connectivity index (χ0n) is 18.0. The summed E-state index contributed by atoms with van der Waals surface area (Å²) in [7, 11) is 1.92. The Balaban J connectivity index is 1.33. The van der Waals surface area contributed by atoms with Crippen molar-refractivity contribution in [1.29, 1.82) is 0 Å². The minimum atomic E-state index is 0.0410. The van der Waals surface area contributed by atoms with Crippen LogP contribution in [0, 0.1) is 0 Å². The standard InChI is InChI=1S/C22H30ClN5O2S/c1-27-20(17-5-7-18(23)8-6-17)25-26-21(27)31-15-19(29)24-16-22(9-3-2-4-10-22)28-11-13-30-14-12-28/h5-8H,2-4,9-16H2,1H3,(H,24,29). The van der Waals surface area contributed by atoms with Crippen LogP contribution in [0.15, 0.2) is 29.4 Å². The topological polar surface area (TPSA) is 72.3 Å². The average Bonchev–Trinajstić information content (AvgIpc) is 3.18. The van der Waals surface area contributed by atoms with Gasteiger partial charge in [-0.2, -0.15) is 0 Å². The molecule has 1 amide bonds. The first-order valence-corrected chi connectivity index (χ1v) is 12.3. The molecule has 2 aromatic rings. The van der Waals surface area contributed by atoms with Gasteiger partial charge in [-0.3, -0.25) is 9.69 Å². The second-order valence-corrected chi connectivity index (χ2v) is 9.70. The number of aromatic nitrogens is 3. The van der Waals surface area contributed by atoms with Crippen LogP contribution in [0.1, 0.15) is 32.1 Å². The van der Waals surface area contributed by atoms with Crippen LogP contribution in [0.25, 0.3) is 11.4 Å². The van der Waals surface area contributed by atoms with E-state index < -0.39 is 0 Å². The highest BCUT2D eigenvalue weighted by Crippen LogP contribution is 2.34. The lowest BCUT2D eigenvalue weighted by Crippen LogP contribution is -2.59. The third-order valence-electron chi connectivity index (χ3n) is 6.35. The lowest BCUT2D eigenvalue weighted by molar-refractivity contribution is -0.119. The maximum absolute atomic E-state index is 12.7. The van der Waals surface area contributed by atoms with Gasteiger partial charge in [-0.1, -0.05) is 42.6 Å². The van der Waals surface area contributed by atoms with Crippen molar-refractivity contribution in [2.24, 2.45) is 7.05 Å². The molecule has 0 unspecified atom stereocenters. The number of ether oxygens (including phenoxy) is 1. The van der Waals surface area contributed by atoms with E-state index >= 15 is 0 Å². The number of hydrogen-bond acceptors (Lipinski definition) is 6. The molecule has 2 heterocycles. The van der Waals surface area contributed by atoms with Crippen molar-refractivity contribution >= 4 is 29.3 Å². The Labute approximate surface area is 192 Å². The van der Waals surface area contributed by atoms with E-state index in [1.165, 1.54) is 31.0 Å². The van der Waals surface area contributed by atoms with Crippen LogP contribution in [0.5, 0.6) is 0 Å². The normalized spacial score (nSPS) is 19.3. The number of hydrogen-bond donors (Lipinski definition) is 1. The van der Waals surface area contributed by atoms with Crippen molar-refractivity contribution in [2.75, 3.05) is 38.6 Å². The Morgan fingerprint density at radius 1 is 1.16 bits per heavy atom. The number of nitrogens with zero attached hydrogens (tertiary/aromatic N) is 4. The lowest BCUT2D eigenvalue weighted by Gasteiger charge is -2.48. The van der Waals surface area contributed by atoms with Crippen LogP contribution in [-0.4, -0.2) is 69.7 Å². The number of benzene rings is 1. The van der Waals surface area contributed by atoms with Crippen molar-refractivity contribution < 1.29 is 9.53 Å². The zero-order chi connectivity index (χ0) is 21.7. The van der Waals surface area contributed by atoms with Gasteiger partial charge in [-0.25, -0.2) is 0 Å². The maximum atomic E-state index is 12.7. The van der Waals surface area contributed by atoms with Crippen molar-refractivity contribution in [2.45, 2.75) is 42.8 Å². The molecule has 1 saturated heterocycles. The van der Waals surface area contributed by atoms with E-state index in [1.54, 1.807) is 0 Å². The van der Waals surface area contributed by atoms with Crippen molar-refractivity contribution in [3.05, 3.63) is 29.3 Å². The minimum Gasteiger partial charge on any atom is -0.379 e. The summed E-state index contributed by atoms with van der Waals surface area (Å²) in [4.78, 5) is 15.2. The maximum Gasteiger partial charge on any atom is 0.230 e. The molecule has 1 aromatic carbocycles. The van der Waals surface area contributed by atoms with Crippen LogP contribution in [0.2, 0.25) is 5.02 Å². The van der Waals surface area contributed by atoms with Crippen LogP contribution < -0.4 is 5.32 Å². The molecule has 1 saturated carbocycles. The molecule has 0 atom stereocenters. The monoisotopic (exact) mass is 463 g/mol. The Bertz CT molecular complexity index is 877. The predicted octanol–water partition coefficient (Wildman–Crippen LogP) is 3.38. The Morgan fingerprint density at radius 2 is 1.87 bits per heavy atom. The smallest absolute Gasteiger partial charge is 0.230 e. The molecule has 31 heavy (non-hydrogen) atoms. The number of halogens is 1. The van der Waals surface area contributed by atoms with E-state index in [9.17, 15) is 4.79 Å². The Kier molecular flexibility index (Phi) is 7.53. The average molecular weight is 464 g/mol. The van der Waals surface area contributed by atoms with Gasteiger partial charge >= 0.3 is 0 Å². The largest absolute Gasteiger partial charge is 0.379 e.